The van der Waals surface area contributed by atoms with Crippen LogP contribution in [0.15, 0.2) is 47.2 Å². The maximum Gasteiger partial charge on any atom is 0.221 e. The molecule has 1 aromatic carbocycles. The van der Waals surface area contributed by atoms with Crippen molar-refractivity contribution in [3.05, 3.63) is 60.1 Å². The van der Waals surface area contributed by atoms with Gasteiger partial charge in [-0.3, -0.25) is 0 Å². The maximum atomic E-state index is 14.6. The number of rotatable bonds is 7. The summed E-state index contributed by atoms with van der Waals surface area (Å²) in [5.74, 6) is -0.264. The maximum absolute atomic E-state index is 14.6. The molecule has 1 saturated carbocycles. The quantitative estimate of drug-likeness (QED) is 0.621. The Hall–Kier alpha value is -2.96. The van der Waals surface area contributed by atoms with E-state index in [1.165, 1.54) is 18.3 Å². The summed E-state index contributed by atoms with van der Waals surface area (Å²) in [6.45, 7) is 0.325. The molecular weight excluding hydrogens is 364 g/mol. The van der Waals surface area contributed by atoms with Crippen LogP contribution in [0, 0.1) is 11.6 Å². The highest BCUT2D eigenvalue weighted by Crippen LogP contribution is 2.34. The number of halogens is 2. The normalized spacial score (nSPS) is 14.4. The highest BCUT2D eigenvalue weighted by molar-refractivity contribution is 5.71. The molecule has 2 aromatic heterocycles. The van der Waals surface area contributed by atoms with E-state index in [-0.39, 0.29) is 11.8 Å². The van der Waals surface area contributed by atoms with E-state index < -0.39 is 11.6 Å². The molecule has 5 nitrogen and oxygen atoms in total. The van der Waals surface area contributed by atoms with Crippen molar-refractivity contribution < 1.29 is 18.0 Å². The molecule has 0 unspecified atom stereocenters. The van der Waals surface area contributed by atoms with Gasteiger partial charge >= 0.3 is 0 Å². The Balaban J connectivity index is 1.52. The van der Waals surface area contributed by atoms with Crippen LogP contribution >= 0.6 is 0 Å². The van der Waals surface area contributed by atoms with Crippen molar-refractivity contribution in [3.8, 4) is 17.0 Å². The second kappa shape index (κ2) is 8.37. The van der Waals surface area contributed by atoms with E-state index in [0.29, 0.717) is 35.7 Å². The van der Waals surface area contributed by atoms with E-state index in [1.807, 2.05) is 0 Å². The molecule has 2 heterocycles. The number of ether oxygens (including phenoxy) is 1. The largest absolute Gasteiger partial charge is 0.474 e. The topological polar surface area (TPSA) is 60.2 Å². The van der Waals surface area contributed by atoms with Crippen LogP contribution in [0.1, 0.15) is 31.4 Å². The lowest BCUT2D eigenvalue weighted by Crippen LogP contribution is -2.12. The van der Waals surface area contributed by atoms with Crippen LogP contribution in [0.3, 0.4) is 0 Å². The predicted octanol–water partition coefficient (Wildman–Crippen LogP) is 4.99. The first-order valence-corrected chi connectivity index (χ1v) is 9.45. The van der Waals surface area contributed by atoms with Crippen molar-refractivity contribution in [3.63, 3.8) is 0 Å². The zero-order valence-corrected chi connectivity index (χ0v) is 15.3. The Morgan fingerprint density at radius 3 is 2.61 bits per heavy atom. The van der Waals surface area contributed by atoms with E-state index in [9.17, 15) is 8.78 Å². The monoisotopic (exact) mass is 385 g/mol. The molecule has 0 amide bonds. The number of hydrogen-bond donors (Lipinski definition) is 1. The standard InChI is InChI=1S/C21H21F2N3O2/c22-18-12-14(13-19(23)20(18)24-10-7-16-8-11-26-28-16)17-6-3-9-25-21(17)27-15-4-1-2-5-15/h3,6,8-9,11-13,15,24H,1-2,4-5,7,10H2. The highest BCUT2D eigenvalue weighted by Gasteiger charge is 2.20. The van der Waals surface area contributed by atoms with E-state index in [4.69, 9.17) is 9.26 Å². The summed E-state index contributed by atoms with van der Waals surface area (Å²) in [4.78, 5) is 4.28. The van der Waals surface area contributed by atoms with Gasteiger partial charge in [-0.15, -0.1) is 0 Å². The molecule has 1 aliphatic rings. The first kappa shape index (κ1) is 18.4. The molecule has 1 aliphatic carbocycles. The summed E-state index contributed by atoms with van der Waals surface area (Å²) in [6, 6.07) is 7.82. The van der Waals surface area contributed by atoms with Crippen LogP contribution in [-0.4, -0.2) is 22.8 Å². The fourth-order valence-corrected chi connectivity index (χ4v) is 3.45. The van der Waals surface area contributed by atoms with Gasteiger partial charge in [0.05, 0.1) is 6.20 Å². The van der Waals surface area contributed by atoms with E-state index in [0.717, 1.165) is 25.7 Å². The van der Waals surface area contributed by atoms with Gasteiger partial charge in [-0.05, 0) is 55.5 Å². The molecule has 0 saturated heterocycles. The Labute approximate surface area is 161 Å². The van der Waals surface area contributed by atoms with Gasteiger partial charge in [0.15, 0.2) is 0 Å². The second-order valence-electron chi connectivity index (χ2n) is 6.85. The first-order valence-electron chi connectivity index (χ1n) is 9.45. The minimum absolute atomic E-state index is 0.111. The van der Waals surface area contributed by atoms with Crippen LogP contribution < -0.4 is 10.1 Å². The van der Waals surface area contributed by atoms with Gasteiger partial charge in [0, 0.05) is 30.8 Å². The lowest BCUT2D eigenvalue weighted by atomic mass is 10.1. The minimum Gasteiger partial charge on any atom is -0.474 e. The summed E-state index contributed by atoms with van der Waals surface area (Å²) in [5, 5.41) is 6.39. The van der Waals surface area contributed by atoms with Crippen LogP contribution in [0.25, 0.3) is 11.1 Å². The average molecular weight is 385 g/mol. The molecule has 0 spiro atoms. The van der Waals surface area contributed by atoms with Gasteiger partial charge in [-0.25, -0.2) is 13.8 Å². The number of benzene rings is 1. The summed E-state index contributed by atoms with van der Waals surface area (Å²) in [7, 11) is 0. The van der Waals surface area contributed by atoms with Gasteiger partial charge in [0.25, 0.3) is 0 Å². The first-order chi connectivity index (χ1) is 13.7. The van der Waals surface area contributed by atoms with Gasteiger partial charge in [0.2, 0.25) is 5.88 Å². The van der Waals surface area contributed by atoms with Gasteiger partial charge < -0.3 is 14.6 Å². The van der Waals surface area contributed by atoms with Crippen LogP contribution in [-0.2, 0) is 6.42 Å². The molecule has 28 heavy (non-hydrogen) atoms. The Morgan fingerprint density at radius 2 is 1.89 bits per heavy atom. The molecule has 4 rings (SSSR count). The number of hydrogen-bond acceptors (Lipinski definition) is 5. The molecule has 0 radical (unpaired) electrons. The zero-order chi connectivity index (χ0) is 19.3. The third-order valence-corrected chi connectivity index (χ3v) is 4.87. The van der Waals surface area contributed by atoms with Gasteiger partial charge in [-0.1, -0.05) is 5.16 Å². The van der Waals surface area contributed by atoms with Crippen molar-refractivity contribution in [2.75, 3.05) is 11.9 Å². The Morgan fingerprint density at radius 1 is 1.11 bits per heavy atom. The molecule has 146 valence electrons. The summed E-state index contributed by atoms with van der Waals surface area (Å²) >= 11 is 0. The number of nitrogens with zero attached hydrogens (tertiary/aromatic N) is 2. The molecule has 1 fully saturated rings. The smallest absolute Gasteiger partial charge is 0.221 e. The number of anilines is 1. The molecule has 0 bridgehead atoms. The molecule has 7 heteroatoms. The minimum atomic E-state index is -0.664. The zero-order valence-electron chi connectivity index (χ0n) is 15.3. The molecule has 0 atom stereocenters. The molecule has 3 aromatic rings. The SMILES string of the molecule is Fc1cc(-c2cccnc2OC2CCCC2)cc(F)c1NCCc1ccno1. The van der Waals surface area contributed by atoms with E-state index >= 15 is 0 Å². The van der Waals surface area contributed by atoms with Crippen LogP contribution in [0.4, 0.5) is 14.5 Å². The average Bonchev–Trinajstić information content (AvgIpc) is 3.38. The van der Waals surface area contributed by atoms with Crippen molar-refractivity contribution in [2.24, 2.45) is 0 Å². The number of nitrogens with one attached hydrogen (secondary N) is 1. The third kappa shape index (κ3) is 4.13. The second-order valence-corrected chi connectivity index (χ2v) is 6.85. The Bertz CT molecular complexity index is 902. The molecule has 0 aliphatic heterocycles. The van der Waals surface area contributed by atoms with Crippen LogP contribution in [0.5, 0.6) is 5.88 Å². The third-order valence-electron chi connectivity index (χ3n) is 4.87. The molecular formula is C21H21F2N3O2. The van der Waals surface area contributed by atoms with Crippen molar-refractivity contribution in [1.82, 2.24) is 10.1 Å². The fraction of sp³-hybridized carbons (Fsp3) is 0.333. The van der Waals surface area contributed by atoms with Crippen molar-refractivity contribution >= 4 is 5.69 Å². The van der Waals surface area contributed by atoms with Gasteiger partial charge in [-0.2, -0.15) is 0 Å². The Kier molecular flexibility index (Phi) is 5.50. The highest BCUT2D eigenvalue weighted by atomic mass is 19.1. The van der Waals surface area contributed by atoms with Crippen LogP contribution in [0.2, 0.25) is 0 Å². The van der Waals surface area contributed by atoms with Crippen molar-refractivity contribution in [2.45, 2.75) is 38.2 Å². The number of aromatic nitrogens is 2. The summed E-state index contributed by atoms with van der Waals surface area (Å²) < 4.78 is 40.2. The predicted molar refractivity (Wildman–Crippen MR) is 101 cm³/mol. The van der Waals surface area contributed by atoms with Gasteiger partial charge in [0.1, 0.15) is 29.2 Å². The lowest BCUT2D eigenvalue weighted by Gasteiger charge is -2.16. The fourth-order valence-electron chi connectivity index (χ4n) is 3.45. The molecule has 1 N–H and O–H groups in total. The summed E-state index contributed by atoms with van der Waals surface area (Å²) in [5.41, 5.74) is 0.822. The number of pyridine rings is 1. The van der Waals surface area contributed by atoms with E-state index in [2.05, 4.69) is 15.5 Å². The van der Waals surface area contributed by atoms with Crippen molar-refractivity contribution in [1.29, 1.82) is 0 Å². The van der Waals surface area contributed by atoms with E-state index in [1.54, 1.807) is 24.4 Å². The summed E-state index contributed by atoms with van der Waals surface area (Å²) in [6.07, 6.45) is 7.96. The lowest BCUT2D eigenvalue weighted by molar-refractivity contribution is 0.202.